The van der Waals surface area contributed by atoms with Gasteiger partial charge in [-0.3, -0.25) is 0 Å². The number of nitrogens with zero attached hydrogens (tertiary/aromatic N) is 4. The molecule has 0 amide bonds. The first-order valence-electron chi connectivity index (χ1n) is 5.11. The number of imidazole rings is 1. The Morgan fingerprint density at radius 2 is 2.31 bits per heavy atom. The molecule has 0 aliphatic carbocycles. The molecule has 4 rings (SSSR count). The van der Waals surface area contributed by atoms with Crippen molar-refractivity contribution in [2.45, 2.75) is 6.10 Å². The fraction of sp³-hybridized carbons (Fsp3) is 0.444. The first kappa shape index (κ1) is 8.72. The normalized spacial score (nSPS) is 22.8. The van der Waals surface area contributed by atoms with Gasteiger partial charge in [0.25, 0.3) is 0 Å². The lowest BCUT2D eigenvalue weighted by atomic mass is 10.2. The van der Waals surface area contributed by atoms with Gasteiger partial charge in [0.1, 0.15) is 17.3 Å². The first-order chi connectivity index (χ1) is 7.81. The topological polar surface area (TPSA) is 66.9 Å². The molecule has 1 N–H and O–H groups in total. The van der Waals surface area contributed by atoms with Crippen molar-refractivity contribution in [2.24, 2.45) is 0 Å². The van der Waals surface area contributed by atoms with Crippen LogP contribution in [0, 0.1) is 0 Å². The maximum Gasteiger partial charge on any atom is 0.224 e. The Kier molecular flexibility index (Phi) is 1.54. The summed E-state index contributed by atoms with van der Waals surface area (Å²) in [4.78, 5) is 18.1. The number of hydrogen-bond acceptors (Lipinski definition) is 5. The third kappa shape index (κ3) is 1.03. The van der Waals surface area contributed by atoms with E-state index in [1.165, 1.54) is 0 Å². The molecule has 0 spiro atoms. The average molecular weight is 238 g/mol. The maximum absolute atomic E-state index is 5.87. The van der Waals surface area contributed by atoms with Gasteiger partial charge < -0.3 is 14.6 Å². The predicted molar refractivity (Wildman–Crippen MR) is 57.6 cm³/mol. The lowest BCUT2D eigenvalue weighted by molar-refractivity contribution is 0.0381. The summed E-state index contributed by atoms with van der Waals surface area (Å²) in [5.41, 5.74) is 2.27. The molecule has 1 saturated heterocycles. The van der Waals surface area contributed by atoms with Crippen molar-refractivity contribution in [1.29, 1.82) is 0 Å². The molecule has 6 nitrogen and oxygen atoms in total. The Hall–Kier alpha value is -1.40. The van der Waals surface area contributed by atoms with Gasteiger partial charge in [-0.2, -0.15) is 9.97 Å². The lowest BCUT2D eigenvalue weighted by Gasteiger charge is -2.31. The highest BCUT2D eigenvalue weighted by molar-refractivity contribution is 6.28. The van der Waals surface area contributed by atoms with E-state index in [9.17, 15) is 0 Å². The van der Waals surface area contributed by atoms with Crippen LogP contribution in [0.5, 0.6) is 0 Å². The molecule has 2 aliphatic rings. The van der Waals surface area contributed by atoms with Gasteiger partial charge in [-0.25, -0.2) is 4.98 Å². The number of nitrogens with one attached hydrogen (secondary N) is 1. The van der Waals surface area contributed by atoms with Gasteiger partial charge in [-0.15, -0.1) is 0 Å². The molecule has 0 aromatic carbocycles. The van der Waals surface area contributed by atoms with Crippen LogP contribution in [-0.2, 0) is 4.74 Å². The van der Waals surface area contributed by atoms with Crippen LogP contribution >= 0.6 is 11.6 Å². The van der Waals surface area contributed by atoms with Crippen LogP contribution in [0.1, 0.15) is 11.8 Å². The quantitative estimate of drug-likeness (QED) is 0.690. The summed E-state index contributed by atoms with van der Waals surface area (Å²) in [5, 5.41) is 0.225. The molecule has 1 unspecified atom stereocenters. The minimum Gasteiger partial charge on any atom is -0.368 e. The molecular formula is C9H8ClN5O. The summed E-state index contributed by atoms with van der Waals surface area (Å²) in [6, 6.07) is 0. The highest BCUT2D eigenvalue weighted by Gasteiger charge is 2.31. The van der Waals surface area contributed by atoms with Crippen molar-refractivity contribution in [3.05, 3.63) is 11.0 Å². The van der Waals surface area contributed by atoms with Gasteiger partial charge in [-0.1, -0.05) is 0 Å². The van der Waals surface area contributed by atoms with Crippen LogP contribution in [0.2, 0.25) is 5.28 Å². The number of rotatable bonds is 0. The molecule has 16 heavy (non-hydrogen) atoms. The van der Waals surface area contributed by atoms with E-state index in [-0.39, 0.29) is 11.4 Å². The molecular weight excluding hydrogens is 230 g/mol. The minimum atomic E-state index is -0.0384. The third-order valence-corrected chi connectivity index (χ3v) is 3.18. The number of aromatic nitrogens is 4. The number of aromatic amines is 1. The fourth-order valence-corrected chi connectivity index (χ4v) is 2.44. The standard InChI is InChI=1S/C9H8ClN5O/c10-8-11-5-4-3-15(1-2-16-4)9-12-6(5)7(13-8)14-9/h4H,1-3H2,(H,11,12,13,14). The van der Waals surface area contributed by atoms with E-state index < -0.39 is 0 Å². The van der Waals surface area contributed by atoms with E-state index in [0.29, 0.717) is 12.3 Å². The summed E-state index contributed by atoms with van der Waals surface area (Å²) in [5.74, 6) is 0.832. The molecule has 4 heterocycles. The summed E-state index contributed by atoms with van der Waals surface area (Å²) < 4.78 is 5.70. The van der Waals surface area contributed by atoms with E-state index in [1.54, 1.807) is 0 Å². The van der Waals surface area contributed by atoms with Crippen molar-refractivity contribution >= 4 is 28.7 Å². The van der Waals surface area contributed by atoms with Crippen LogP contribution < -0.4 is 4.90 Å². The highest BCUT2D eigenvalue weighted by Crippen LogP contribution is 2.33. The number of ether oxygens (including phenoxy) is 1. The Balaban J connectivity index is 2.09. The Bertz CT molecular complexity index is 583. The van der Waals surface area contributed by atoms with Crippen LogP contribution in [-0.4, -0.2) is 39.6 Å². The van der Waals surface area contributed by atoms with Crippen molar-refractivity contribution in [3.63, 3.8) is 0 Å². The maximum atomic E-state index is 5.87. The molecule has 2 aromatic heterocycles. The van der Waals surface area contributed by atoms with E-state index in [0.717, 1.165) is 30.2 Å². The fourth-order valence-electron chi connectivity index (χ4n) is 2.27. The molecule has 1 fully saturated rings. The van der Waals surface area contributed by atoms with E-state index in [1.807, 2.05) is 0 Å². The van der Waals surface area contributed by atoms with Gasteiger partial charge in [-0.05, 0) is 11.6 Å². The Morgan fingerprint density at radius 1 is 1.38 bits per heavy atom. The van der Waals surface area contributed by atoms with Crippen LogP contribution in [0.15, 0.2) is 0 Å². The average Bonchev–Trinajstić information content (AvgIpc) is 2.68. The van der Waals surface area contributed by atoms with Crippen LogP contribution in [0.25, 0.3) is 11.2 Å². The molecule has 2 aromatic rings. The zero-order valence-corrected chi connectivity index (χ0v) is 9.03. The molecule has 7 heteroatoms. The largest absolute Gasteiger partial charge is 0.368 e. The van der Waals surface area contributed by atoms with Gasteiger partial charge in [0, 0.05) is 6.54 Å². The SMILES string of the molecule is Clc1nc2c3[nH]c(nc3n1)N1CCOC2C1. The zero-order valence-electron chi connectivity index (χ0n) is 8.27. The van der Waals surface area contributed by atoms with E-state index >= 15 is 0 Å². The third-order valence-electron chi connectivity index (χ3n) is 3.01. The van der Waals surface area contributed by atoms with Crippen molar-refractivity contribution in [3.8, 4) is 0 Å². The van der Waals surface area contributed by atoms with Gasteiger partial charge in [0.05, 0.1) is 13.2 Å². The molecule has 1 atom stereocenters. The number of morpholine rings is 1. The second-order valence-electron chi connectivity index (χ2n) is 3.94. The van der Waals surface area contributed by atoms with Gasteiger partial charge in [0.2, 0.25) is 11.2 Å². The van der Waals surface area contributed by atoms with Crippen LogP contribution in [0.3, 0.4) is 0 Å². The number of hydrogen-bond donors (Lipinski definition) is 1. The molecule has 0 radical (unpaired) electrons. The second-order valence-corrected chi connectivity index (χ2v) is 4.28. The van der Waals surface area contributed by atoms with E-state index in [2.05, 4.69) is 24.8 Å². The van der Waals surface area contributed by atoms with E-state index in [4.69, 9.17) is 16.3 Å². The number of halogens is 1. The summed E-state index contributed by atoms with van der Waals surface area (Å²) >= 11 is 5.87. The van der Waals surface area contributed by atoms with Crippen molar-refractivity contribution in [2.75, 3.05) is 24.6 Å². The molecule has 82 valence electrons. The molecule has 4 bridgehead atoms. The Morgan fingerprint density at radius 3 is 3.25 bits per heavy atom. The molecule has 0 saturated carbocycles. The van der Waals surface area contributed by atoms with Crippen molar-refractivity contribution in [1.82, 2.24) is 19.9 Å². The number of anilines is 1. The monoisotopic (exact) mass is 237 g/mol. The highest BCUT2D eigenvalue weighted by atomic mass is 35.5. The summed E-state index contributed by atoms with van der Waals surface area (Å²) in [6.07, 6.45) is -0.0384. The van der Waals surface area contributed by atoms with Gasteiger partial charge >= 0.3 is 0 Å². The lowest BCUT2D eigenvalue weighted by Crippen LogP contribution is -2.38. The number of fused-ring (bicyclic) bond motifs is 5. The summed E-state index contributed by atoms with van der Waals surface area (Å²) in [7, 11) is 0. The van der Waals surface area contributed by atoms with Crippen LogP contribution in [0.4, 0.5) is 5.95 Å². The Labute approximate surface area is 95.6 Å². The second kappa shape index (κ2) is 2.83. The minimum absolute atomic E-state index is 0.0384. The van der Waals surface area contributed by atoms with Gasteiger partial charge in [0.15, 0.2) is 5.65 Å². The smallest absolute Gasteiger partial charge is 0.224 e. The predicted octanol–water partition coefficient (Wildman–Crippen LogP) is 0.898. The number of H-pyrrole nitrogens is 1. The summed E-state index contributed by atoms with van der Waals surface area (Å²) in [6.45, 7) is 2.29. The zero-order chi connectivity index (χ0) is 10.7. The van der Waals surface area contributed by atoms with Crippen molar-refractivity contribution < 1.29 is 4.74 Å². The first-order valence-corrected chi connectivity index (χ1v) is 5.49. The molecule has 2 aliphatic heterocycles.